The van der Waals surface area contributed by atoms with Crippen LogP contribution in [0.25, 0.3) is 0 Å². The first-order valence-corrected chi connectivity index (χ1v) is 6.13. The molecule has 0 aromatic carbocycles. The van der Waals surface area contributed by atoms with Crippen LogP contribution in [0.4, 0.5) is 0 Å². The number of nitrogens with two attached hydrogens (primary N) is 1. The lowest BCUT2D eigenvalue weighted by Gasteiger charge is -2.40. The van der Waals surface area contributed by atoms with Crippen LogP contribution in [0.1, 0.15) is 0 Å². The van der Waals surface area contributed by atoms with E-state index in [1.54, 1.807) is 0 Å². The van der Waals surface area contributed by atoms with E-state index in [0.29, 0.717) is 0 Å². The van der Waals surface area contributed by atoms with E-state index < -0.39 is 0 Å². The van der Waals surface area contributed by atoms with E-state index in [-0.39, 0.29) is 5.41 Å². The molecule has 2 rings (SSSR count). The zero-order valence-corrected chi connectivity index (χ0v) is 9.91. The van der Waals surface area contributed by atoms with Crippen molar-refractivity contribution in [1.29, 1.82) is 0 Å². The maximum absolute atomic E-state index is 5.75. The molecule has 0 saturated carbocycles. The highest BCUT2D eigenvalue weighted by Gasteiger charge is 2.36. The van der Waals surface area contributed by atoms with Crippen LogP contribution < -0.4 is 11.1 Å². The third-order valence-corrected chi connectivity index (χ3v) is 3.46. The first kappa shape index (κ1) is 12.3. The Morgan fingerprint density at radius 2 is 1.94 bits per heavy atom. The molecule has 2 fully saturated rings. The van der Waals surface area contributed by atoms with Crippen molar-refractivity contribution < 1.29 is 9.47 Å². The fourth-order valence-electron chi connectivity index (χ4n) is 2.10. The van der Waals surface area contributed by atoms with E-state index in [9.17, 15) is 0 Å². The molecule has 0 radical (unpaired) electrons. The topological polar surface area (TPSA) is 59.8 Å². The van der Waals surface area contributed by atoms with Crippen molar-refractivity contribution in [2.75, 3.05) is 65.7 Å². The van der Waals surface area contributed by atoms with E-state index in [2.05, 4.69) is 10.2 Å². The monoisotopic (exact) mass is 229 g/mol. The summed E-state index contributed by atoms with van der Waals surface area (Å²) >= 11 is 0. The Labute approximate surface area is 97.3 Å². The Kier molecular flexibility index (Phi) is 4.55. The predicted molar refractivity (Wildman–Crippen MR) is 62.4 cm³/mol. The molecule has 5 nitrogen and oxygen atoms in total. The van der Waals surface area contributed by atoms with Crippen LogP contribution >= 0.6 is 0 Å². The van der Waals surface area contributed by atoms with Crippen LogP contribution in [0.5, 0.6) is 0 Å². The summed E-state index contributed by atoms with van der Waals surface area (Å²) in [5.41, 5.74) is 5.96. The third-order valence-electron chi connectivity index (χ3n) is 3.46. The Bertz CT molecular complexity index is 198. The molecule has 0 aromatic heterocycles. The Morgan fingerprint density at radius 3 is 2.50 bits per heavy atom. The molecule has 2 aliphatic heterocycles. The van der Waals surface area contributed by atoms with Crippen LogP contribution in [0.15, 0.2) is 0 Å². The number of hydrogen-bond acceptors (Lipinski definition) is 5. The molecule has 3 N–H and O–H groups in total. The van der Waals surface area contributed by atoms with Gasteiger partial charge in [0.15, 0.2) is 0 Å². The number of morpholine rings is 1. The molecule has 0 unspecified atom stereocenters. The van der Waals surface area contributed by atoms with Gasteiger partial charge in [-0.15, -0.1) is 0 Å². The SMILES string of the molecule is NCC1(CNCCN2CCOCC2)COC1. The zero-order chi connectivity index (χ0) is 11.3. The van der Waals surface area contributed by atoms with Gasteiger partial charge in [0.2, 0.25) is 0 Å². The minimum absolute atomic E-state index is 0.213. The van der Waals surface area contributed by atoms with Crippen LogP contribution in [-0.2, 0) is 9.47 Å². The Morgan fingerprint density at radius 1 is 1.19 bits per heavy atom. The van der Waals surface area contributed by atoms with Crippen LogP contribution in [-0.4, -0.2) is 70.6 Å². The van der Waals surface area contributed by atoms with Crippen LogP contribution in [0, 0.1) is 5.41 Å². The second kappa shape index (κ2) is 5.93. The number of nitrogens with one attached hydrogen (secondary N) is 1. The van der Waals surface area contributed by atoms with Gasteiger partial charge in [0.05, 0.1) is 26.4 Å². The molecule has 2 heterocycles. The second-order valence-electron chi connectivity index (χ2n) is 4.83. The Hall–Kier alpha value is -0.200. The molecule has 0 aromatic rings. The smallest absolute Gasteiger partial charge is 0.0594 e. The van der Waals surface area contributed by atoms with Gasteiger partial charge in [0, 0.05) is 44.7 Å². The summed E-state index contributed by atoms with van der Waals surface area (Å²) in [5.74, 6) is 0. The standard InChI is InChI=1S/C11H23N3O2/c12-7-11(9-16-10-11)8-13-1-2-14-3-5-15-6-4-14/h13H,1-10,12H2. The molecule has 0 spiro atoms. The lowest BCUT2D eigenvalue weighted by Crippen LogP contribution is -2.55. The quantitative estimate of drug-likeness (QED) is 0.565. The predicted octanol–water partition coefficient (Wildman–Crippen LogP) is -1.12. The summed E-state index contributed by atoms with van der Waals surface area (Å²) in [6.07, 6.45) is 0. The molecular formula is C11H23N3O2. The van der Waals surface area contributed by atoms with Gasteiger partial charge in [-0.1, -0.05) is 0 Å². The summed E-state index contributed by atoms with van der Waals surface area (Å²) in [4.78, 5) is 2.43. The highest BCUT2D eigenvalue weighted by molar-refractivity contribution is 4.88. The van der Waals surface area contributed by atoms with E-state index >= 15 is 0 Å². The average Bonchev–Trinajstić information content (AvgIpc) is 2.29. The van der Waals surface area contributed by atoms with Gasteiger partial charge < -0.3 is 20.5 Å². The largest absolute Gasteiger partial charge is 0.380 e. The van der Waals surface area contributed by atoms with Crippen molar-refractivity contribution in [3.8, 4) is 0 Å². The molecule has 16 heavy (non-hydrogen) atoms. The molecule has 0 bridgehead atoms. The first-order chi connectivity index (χ1) is 7.85. The van der Waals surface area contributed by atoms with E-state index in [4.69, 9.17) is 15.2 Å². The molecule has 0 amide bonds. The molecular weight excluding hydrogens is 206 g/mol. The molecule has 2 saturated heterocycles. The number of hydrogen-bond donors (Lipinski definition) is 2. The first-order valence-electron chi connectivity index (χ1n) is 6.13. The fraction of sp³-hybridized carbons (Fsp3) is 1.00. The maximum Gasteiger partial charge on any atom is 0.0594 e. The molecule has 2 aliphatic rings. The van der Waals surface area contributed by atoms with Crippen LogP contribution in [0.3, 0.4) is 0 Å². The lowest BCUT2D eigenvalue weighted by molar-refractivity contribution is -0.105. The summed E-state index contributed by atoms with van der Waals surface area (Å²) in [6.45, 7) is 9.33. The van der Waals surface area contributed by atoms with Crippen molar-refractivity contribution in [1.82, 2.24) is 10.2 Å². The van der Waals surface area contributed by atoms with Gasteiger partial charge in [-0.05, 0) is 0 Å². The van der Waals surface area contributed by atoms with E-state index in [1.807, 2.05) is 0 Å². The van der Waals surface area contributed by atoms with Gasteiger partial charge in [0.1, 0.15) is 0 Å². The Balaban J connectivity index is 1.54. The van der Waals surface area contributed by atoms with E-state index in [1.165, 1.54) is 0 Å². The lowest BCUT2D eigenvalue weighted by atomic mass is 9.86. The van der Waals surface area contributed by atoms with Crippen molar-refractivity contribution in [2.24, 2.45) is 11.1 Å². The van der Waals surface area contributed by atoms with Gasteiger partial charge in [-0.2, -0.15) is 0 Å². The second-order valence-corrected chi connectivity index (χ2v) is 4.83. The zero-order valence-electron chi connectivity index (χ0n) is 9.91. The summed E-state index contributed by atoms with van der Waals surface area (Å²) in [7, 11) is 0. The van der Waals surface area contributed by atoms with Crippen molar-refractivity contribution in [3.05, 3.63) is 0 Å². The number of nitrogens with zero attached hydrogens (tertiary/aromatic N) is 1. The van der Waals surface area contributed by atoms with Gasteiger partial charge >= 0.3 is 0 Å². The highest BCUT2D eigenvalue weighted by Crippen LogP contribution is 2.24. The average molecular weight is 229 g/mol. The molecule has 0 aliphatic carbocycles. The minimum Gasteiger partial charge on any atom is -0.380 e. The van der Waals surface area contributed by atoms with Crippen LogP contribution in [0.2, 0.25) is 0 Å². The fourth-order valence-corrected chi connectivity index (χ4v) is 2.10. The van der Waals surface area contributed by atoms with Crippen molar-refractivity contribution in [3.63, 3.8) is 0 Å². The number of rotatable bonds is 6. The van der Waals surface area contributed by atoms with Gasteiger partial charge in [-0.3, -0.25) is 4.90 Å². The molecule has 5 heteroatoms. The summed E-state index contributed by atoms with van der Waals surface area (Å²) in [6, 6.07) is 0. The van der Waals surface area contributed by atoms with E-state index in [0.717, 1.165) is 65.7 Å². The third kappa shape index (κ3) is 3.15. The number of ether oxygens (including phenoxy) is 2. The molecule has 94 valence electrons. The van der Waals surface area contributed by atoms with Gasteiger partial charge in [0.25, 0.3) is 0 Å². The normalized spacial score (nSPS) is 25.3. The summed E-state index contributed by atoms with van der Waals surface area (Å²) in [5, 5.41) is 3.48. The highest BCUT2D eigenvalue weighted by atomic mass is 16.5. The van der Waals surface area contributed by atoms with Gasteiger partial charge in [-0.25, -0.2) is 0 Å². The van der Waals surface area contributed by atoms with Crippen molar-refractivity contribution in [2.45, 2.75) is 0 Å². The van der Waals surface area contributed by atoms with Crippen molar-refractivity contribution >= 4 is 0 Å². The summed E-state index contributed by atoms with van der Waals surface area (Å²) < 4.78 is 10.5. The maximum atomic E-state index is 5.75. The minimum atomic E-state index is 0.213. The molecule has 0 atom stereocenters.